The Hall–Kier alpha value is -2.27. The molecule has 5 heteroatoms. The molecule has 20 heavy (non-hydrogen) atoms. The molecule has 104 valence electrons. The number of nitrogens with two attached hydrogens (primary N) is 1. The van der Waals surface area contributed by atoms with Gasteiger partial charge in [0.2, 0.25) is 5.91 Å². The molecule has 0 radical (unpaired) electrons. The average molecular weight is 276 g/mol. The molecule has 3 N–H and O–H groups in total. The van der Waals surface area contributed by atoms with E-state index < -0.39 is 17.5 Å². The minimum Gasteiger partial charge on any atom is -0.366 e. The zero-order chi connectivity index (χ0) is 14.5. The summed E-state index contributed by atoms with van der Waals surface area (Å²) >= 11 is 0. The zero-order valence-electron chi connectivity index (χ0n) is 10.7. The molecule has 0 atom stereocenters. The molecular weight excluding hydrogens is 262 g/mol. The standard InChI is InChI=1S/C15H14F2N2O/c16-13-4-5-14(17)12(7-13)9-19-8-10-2-1-3-11(6-10)15(18)20/h1-7,19H,8-9H2,(H2,18,20). The zero-order valence-corrected chi connectivity index (χ0v) is 10.7. The number of rotatable bonds is 5. The quantitative estimate of drug-likeness (QED) is 0.880. The van der Waals surface area contributed by atoms with Gasteiger partial charge in [0, 0.05) is 24.2 Å². The molecule has 0 aliphatic heterocycles. The van der Waals surface area contributed by atoms with Gasteiger partial charge in [0.15, 0.2) is 0 Å². The summed E-state index contributed by atoms with van der Waals surface area (Å²) in [7, 11) is 0. The maximum atomic E-state index is 13.4. The summed E-state index contributed by atoms with van der Waals surface area (Å²) in [5, 5.41) is 2.99. The second-order valence-electron chi connectivity index (χ2n) is 4.40. The highest BCUT2D eigenvalue weighted by Crippen LogP contribution is 2.10. The van der Waals surface area contributed by atoms with Gasteiger partial charge in [-0.15, -0.1) is 0 Å². The van der Waals surface area contributed by atoms with Gasteiger partial charge >= 0.3 is 0 Å². The van der Waals surface area contributed by atoms with Crippen LogP contribution in [0.3, 0.4) is 0 Å². The molecule has 0 fully saturated rings. The molecule has 0 heterocycles. The summed E-state index contributed by atoms with van der Waals surface area (Å²) in [6.45, 7) is 0.626. The van der Waals surface area contributed by atoms with Crippen molar-refractivity contribution in [3.8, 4) is 0 Å². The van der Waals surface area contributed by atoms with Crippen molar-refractivity contribution in [1.82, 2.24) is 5.32 Å². The second kappa shape index (κ2) is 6.25. The lowest BCUT2D eigenvalue weighted by Crippen LogP contribution is -2.15. The average Bonchev–Trinajstić information content (AvgIpc) is 2.43. The molecule has 0 aliphatic carbocycles. The first-order chi connectivity index (χ1) is 9.56. The molecule has 2 aromatic carbocycles. The first-order valence-electron chi connectivity index (χ1n) is 6.09. The van der Waals surface area contributed by atoms with Gasteiger partial charge in [0.05, 0.1) is 0 Å². The Labute approximate surface area is 115 Å². The van der Waals surface area contributed by atoms with E-state index in [-0.39, 0.29) is 12.1 Å². The third kappa shape index (κ3) is 3.61. The highest BCUT2D eigenvalue weighted by molar-refractivity contribution is 5.92. The molecule has 2 rings (SSSR count). The molecule has 1 amide bonds. The first-order valence-corrected chi connectivity index (χ1v) is 6.09. The molecular formula is C15H14F2N2O. The summed E-state index contributed by atoms with van der Waals surface area (Å²) in [4.78, 5) is 11.0. The second-order valence-corrected chi connectivity index (χ2v) is 4.40. The number of halogens is 2. The molecule has 0 bridgehead atoms. The Morgan fingerprint density at radius 1 is 1.10 bits per heavy atom. The van der Waals surface area contributed by atoms with Crippen molar-refractivity contribution in [1.29, 1.82) is 0 Å². The Bertz CT molecular complexity index is 629. The van der Waals surface area contributed by atoms with Crippen LogP contribution in [0.4, 0.5) is 8.78 Å². The number of carbonyl (C=O) groups excluding carboxylic acids is 1. The Kier molecular flexibility index (Phi) is 4.42. The van der Waals surface area contributed by atoms with E-state index in [9.17, 15) is 13.6 Å². The number of primary amides is 1. The summed E-state index contributed by atoms with van der Waals surface area (Å²) < 4.78 is 26.4. The third-order valence-electron chi connectivity index (χ3n) is 2.86. The van der Waals surface area contributed by atoms with Crippen molar-refractivity contribution in [3.05, 3.63) is 70.8 Å². The van der Waals surface area contributed by atoms with E-state index in [0.717, 1.165) is 23.8 Å². The summed E-state index contributed by atoms with van der Waals surface area (Å²) in [5.41, 5.74) is 6.71. The Morgan fingerprint density at radius 2 is 1.90 bits per heavy atom. The third-order valence-corrected chi connectivity index (χ3v) is 2.86. The van der Waals surface area contributed by atoms with E-state index in [0.29, 0.717) is 12.1 Å². The maximum Gasteiger partial charge on any atom is 0.248 e. The summed E-state index contributed by atoms with van der Waals surface area (Å²) in [6, 6.07) is 10.2. The van der Waals surface area contributed by atoms with Crippen molar-refractivity contribution in [2.24, 2.45) is 5.73 Å². The van der Waals surface area contributed by atoms with E-state index in [4.69, 9.17) is 5.73 Å². The van der Waals surface area contributed by atoms with Gasteiger partial charge in [-0.05, 0) is 35.9 Å². The first kappa shape index (κ1) is 14.1. The molecule has 0 spiro atoms. The predicted molar refractivity (Wildman–Crippen MR) is 71.9 cm³/mol. The van der Waals surface area contributed by atoms with E-state index in [1.54, 1.807) is 18.2 Å². The van der Waals surface area contributed by atoms with Crippen LogP contribution in [0.25, 0.3) is 0 Å². The van der Waals surface area contributed by atoms with Gasteiger partial charge < -0.3 is 11.1 Å². The van der Waals surface area contributed by atoms with Crippen LogP contribution in [0, 0.1) is 11.6 Å². The lowest BCUT2D eigenvalue weighted by Gasteiger charge is -2.07. The number of carbonyl (C=O) groups is 1. The van der Waals surface area contributed by atoms with Crippen LogP contribution < -0.4 is 11.1 Å². The molecule has 3 nitrogen and oxygen atoms in total. The SMILES string of the molecule is NC(=O)c1cccc(CNCc2cc(F)ccc2F)c1. The Balaban J connectivity index is 1.97. The fourth-order valence-corrected chi connectivity index (χ4v) is 1.85. The van der Waals surface area contributed by atoms with Crippen molar-refractivity contribution in [3.63, 3.8) is 0 Å². The van der Waals surface area contributed by atoms with Crippen molar-refractivity contribution >= 4 is 5.91 Å². The van der Waals surface area contributed by atoms with Crippen molar-refractivity contribution < 1.29 is 13.6 Å². The smallest absolute Gasteiger partial charge is 0.248 e. The predicted octanol–water partition coefficient (Wildman–Crippen LogP) is 2.35. The van der Waals surface area contributed by atoms with Crippen LogP contribution in [0.2, 0.25) is 0 Å². The van der Waals surface area contributed by atoms with E-state index in [2.05, 4.69) is 5.32 Å². The number of benzene rings is 2. The van der Waals surface area contributed by atoms with Gasteiger partial charge in [0.25, 0.3) is 0 Å². The molecule has 0 aliphatic rings. The highest BCUT2D eigenvalue weighted by Gasteiger charge is 2.04. The van der Waals surface area contributed by atoms with Gasteiger partial charge in [-0.3, -0.25) is 4.79 Å². The fourth-order valence-electron chi connectivity index (χ4n) is 1.85. The fraction of sp³-hybridized carbons (Fsp3) is 0.133. The van der Waals surface area contributed by atoms with Gasteiger partial charge in [-0.1, -0.05) is 12.1 Å². The summed E-state index contributed by atoms with van der Waals surface area (Å²) in [6.07, 6.45) is 0. The minimum atomic E-state index is -0.497. The molecule has 0 saturated carbocycles. The Morgan fingerprint density at radius 3 is 2.65 bits per heavy atom. The van der Waals surface area contributed by atoms with Gasteiger partial charge in [0.1, 0.15) is 11.6 Å². The van der Waals surface area contributed by atoms with Crippen LogP contribution in [0.1, 0.15) is 21.5 Å². The van der Waals surface area contributed by atoms with E-state index in [1.165, 1.54) is 0 Å². The monoisotopic (exact) mass is 276 g/mol. The minimum absolute atomic E-state index is 0.199. The van der Waals surface area contributed by atoms with Crippen molar-refractivity contribution in [2.75, 3.05) is 0 Å². The maximum absolute atomic E-state index is 13.4. The van der Waals surface area contributed by atoms with Crippen LogP contribution in [0.15, 0.2) is 42.5 Å². The number of amides is 1. The molecule has 0 unspecified atom stereocenters. The summed E-state index contributed by atoms with van der Waals surface area (Å²) in [5.74, 6) is -1.42. The molecule has 2 aromatic rings. The normalized spacial score (nSPS) is 10.5. The van der Waals surface area contributed by atoms with Crippen molar-refractivity contribution in [2.45, 2.75) is 13.1 Å². The van der Waals surface area contributed by atoms with Crippen LogP contribution in [0.5, 0.6) is 0 Å². The number of hydrogen-bond donors (Lipinski definition) is 2. The lowest BCUT2D eigenvalue weighted by atomic mass is 10.1. The highest BCUT2D eigenvalue weighted by atomic mass is 19.1. The van der Waals surface area contributed by atoms with Crippen LogP contribution in [-0.4, -0.2) is 5.91 Å². The number of nitrogens with one attached hydrogen (secondary N) is 1. The van der Waals surface area contributed by atoms with Crippen LogP contribution >= 0.6 is 0 Å². The lowest BCUT2D eigenvalue weighted by molar-refractivity contribution is 0.1000. The molecule has 0 saturated heterocycles. The number of hydrogen-bond acceptors (Lipinski definition) is 2. The topological polar surface area (TPSA) is 55.1 Å². The largest absolute Gasteiger partial charge is 0.366 e. The van der Waals surface area contributed by atoms with Crippen LogP contribution in [-0.2, 0) is 13.1 Å². The van der Waals surface area contributed by atoms with Gasteiger partial charge in [-0.25, -0.2) is 8.78 Å². The molecule has 0 aromatic heterocycles. The van der Waals surface area contributed by atoms with E-state index in [1.807, 2.05) is 6.07 Å². The van der Waals surface area contributed by atoms with E-state index >= 15 is 0 Å². The van der Waals surface area contributed by atoms with Gasteiger partial charge in [-0.2, -0.15) is 0 Å².